The van der Waals surface area contributed by atoms with E-state index in [1.54, 1.807) is 4.57 Å². The summed E-state index contributed by atoms with van der Waals surface area (Å²) in [5.74, 6) is -0.539. The van der Waals surface area contributed by atoms with Crippen LogP contribution in [-0.4, -0.2) is 107 Å². The number of halogens is 1. The maximum Gasteiger partial charge on any atom is 0.320 e. The van der Waals surface area contributed by atoms with Gasteiger partial charge in [-0.15, -0.1) is 0 Å². The monoisotopic (exact) mass is 618 g/mol. The molecule has 0 radical (unpaired) electrons. The van der Waals surface area contributed by atoms with Crippen LogP contribution in [0.3, 0.4) is 0 Å². The van der Waals surface area contributed by atoms with Gasteiger partial charge in [-0.1, -0.05) is 27.7 Å². The molecule has 0 bridgehead atoms. The molecule has 0 saturated carbocycles. The van der Waals surface area contributed by atoms with Crippen LogP contribution in [0, 0.1) is 0 Å². The summed E-state index contributed by atoms with van der Waals surface area (Å²) in [6, 6.07) is -0.972. The fraction of sp³-hybridized carbons (Fsp3) is 0.700. The maximum absolute atomic E-state index is 11.0. The molecular weight excluding hydrogens is 587 g/mol. The van der Waals surface area contributed by atoms with Crippen LogP contribution >= 0.6 is 22.6 Å². The zero-order chi connectivity index (χ0) is 26.1. The van der Waals surface area contributed by atoms with Gasteiger partial charge in [-0.25, -0.2) is 15.0 Å². The fourth-order valence-corrected chi connectivity index (χ4v) is 4.63. The predicted molar refractivity (Wildman–Crippen MR) is 139 cm³/mol. The number of hydrogen-bond donors (Lipinski definition) is 5. The van der Waals surface area contributed by atoms with Gasteiger partial charge in [-0.05, 0) is 24.8 Å². The number of ether oxygens (including phenoxy) is 1. The number of imidazole rings is 1. The lowest BCUT2D eigenvalue weighted by Gasteiger charge is -2.26. The number of carboxylic acids is 1. The largest absolute Gasteiger partial charge is 0.480 e. The Kier molecular flexibility index (Phi) is 10.8. The molecule has 16 heteroatoms. The standard InChI is InChI=1S/C20H31IN10O5/c21-4-8-30(7-3-12(22)20(34)35)9-13-15(32)16(33)19(36-13)31-11-27-14-17(25-10-26-18(14)31)24-5-1-2-6-28-29-23/h10-13,15-16,19,32-33H,1-9,22H2,(H,34,35)(H,24,25,26)/t12-,13+,15+,16+,19+/m0/s1. The molecule has 5 atom stereocenters. The molecule has 1 aliphatic rings. The number of nitrogens with one attached hydrogen (secondary N) is 1. The van der Waals surface area contributed by atoms with Crippen LogP contribution < -0.4 is 11.1 Å². The lowest BCUT2D eigenvalue weighted by Crippen LogP contribution is -2.43. The first-order valence-corrected chi connectivity index (χ1v) is 13.1. The minimum atomic E-state index is -1.22. The topological polar surface area (TPSA) is 221 Å². The van der Waals surface area contributed by atoms with E-state index in [0.29, 0.717) is 49.7 Å². The van der Waals surface area contributed by atoms with E-state index in [2.05, 4.69) is 52.9 Å². The highest BCUT2D eigenvalue weighted by Gasteiger charge is 2.44. The van der Waals surface area contributed by atoms with Gasteiger partial charge in [0.25, 0.3) is 0 Å². The summed E-state index contributed by atoms with van der Waals surface area (Å²) in [5.41, 5.74) is 14.9. The Morgan fingerprint density at radius 1 is 1.33 bits per heavy atom. The van der Waals surface area contributed by atoms with Crippen LogP contribution in [0.1, 0.15) is 25.5 Å². The summed E-state index contributed by atoms with van der Waals surface area (Å²) >= 11 is 2.22. The van der Waals surface area contributed by atoms with Gasteiger partial charge < -0.3 is 31.1 Å². The Balaban J connectivity index is 1.67. The molecule has 2 aromatic heterocycles. The third-order valence-electron chi connectivity index (χ3n) is 5.92. The summed E-state index contributed by atoms with van der Waals surface area (Å²) in [6.07, 6.45) is 0.633. The average molecular weight is 618 g/mol. The van der Waals surface area contributed by atoms with Crippen LogP contribution in [0.2, 0.25) is 0 Å². The number of alkyl halides is 1. The number of fused-ring (bicyclic) bond motifs is 1. The number of aliphatic carboxylic acids is 1. The van der Waals surface area contributed by atoms with Gasteiger partial charge in [0.15, 0.2) is 23.2 Å². The van der Waals surface area contributed by atoms with Gasteiger partial charge in [0, 0.05) is 42.1 Å². The summed E-state index contributed by atoms with van der Waals surface area (Å²) < 4.78 is 8.42. The number of anilines is 1. The highest BCUT2D eigenvalue weighted by atomic mass is 127. The minimum Gasteiger partial charge on any atom is -0.480 e. The highest BCUT2D eigenvalue weighted by molar-refractivity contribution is 14.1. The fourth-order valence-electron chi connectivity index (χ4n) is 3.95. The van der Waals surface area contributed by atoms with Crippen molar-refractivity contribution in [3.05, 3.63) is 23.1 Å². The number of aliphatic hydroxyl groups is 2. The molecule has 3 rings (SSSR count). The maximum atomic E-state index is 11.0. The first kappa shape index (κ1) is 28.2. The van der Waals surface area contributed by atoms with Crippen molar-refractivity contribution in [2.24, 2.45) is 10.8 Å². The number of hydrogen-bond acceptors (Lipinski definition) is 11. The van der Waals surface area contributed by atoms with E-state index >= 15 is 0 Å². The molecule has 0 amide bonds. The second kappa shape index (κ2) is 13.8. The highest BCUT2D eigenvalue weighted by Crippen LogP contribution is 2.32. The number of aromatic nitrogens is 4. The Bertz CT molecular complexity index is 1050. The van der Waals surface area contributed by atoms with Crippen LogP contribution in [0.4, 0.5) is 5.82 Å². The Hall–Kier alpha value is -2.34. The van der Waals surface area contributed by atoms with E-state index in [9.17, 15) is 15.0 Å². The van der Waals surface area contributed by atoms with Crippen molar-refractivity contribution in [3.8, 4) is 0 Å². The Morgan fingerprint density at radius 2 is 2.14 bits per heavy atom. The average Bonchev–Trinajstić information content (AvgIpc) is 3.41. The van der Waals surface area contributed by atoms with Crippen molar-refractivity contribution in [2.75, 3.05) is 42.5 Å². The molecule has 0 spiro atoms. The van der Waals surface area contributed by atoms with Crippen LogP contribution in [-0.2, 0) is 9.53 Å². The number of nitrogens with zero attached hydrogens (tertiary/aromatic N) is 8. The number of unbranched alkanes of at least 4 members (excludes halogenated alkanes) is 1. The minimum absolute atomic E-state index is 0.255. The molecule has 1 aliphatic heterocycles. The molecule has 0 aliphatic carbocycles. The van der Waals surface area contributed by atoms with Crippen molar-refractivity contribution in [1.29, 1.82) is 0 Å². The number of azide groups is 1. The van der Waals surface area contributed by atoms with Crippen molar-refractivity contribution < 1.29 is 24.9 Å². The quantitative estimate of drug-likeness (QED) is 0.0462. The number of nitrogens with two attached hydrogens (primary N) is 1. The lowest BCUT2D eigenvalue weighted by atomic mass is 10.1. The Labute approximate surface area is 220 Å². The number of rotatable bonds is 15. The number of carbonyl (C=O) groups is 1. The molecule has 1 saturated heterocycles. The van der Waals surface area contributed by atoms with Gasteiger partial charge in [-0.2, -0.15) is 0 Å². The van der Waals surface area contributed by atoms with E-state index in [1.807, 2.05) is 4.90 Å². The molecule has 0 unspecified atom stereocenters. The van der Waals surface area contributed by atoms with Crippen molar-refractivity contribution in [1.82, 2.24) is 24.4 Å². The lowest BCUT2D eigenvalue weighted by molar-refractivity contribution is -0.138. The van der Waals surface area contributed by atoms with Gasteiger partial charge in [0.1, 0.15) is 30.7 Å². The summed E-state index contributed by atoms with van der Waals surface area (Å²) in [6.45, 7) is 2.39. The van der Waals surface area contributed by atoms with E-state index < -0.39 is 36.6 Å². The third-order valence-corrected chi connectivity index (χ3v) is 6.41. The number of aliphatic hydroxyl groups excluding tert-OH is 2. The smallest absolute Gasteiger partial charge is 0.320 e. The molecule has 3 heterocycles. The second-order valence-corrected chi connectivity index (χ2v) is 9.48. The van der Waals surface area contributed by atoms with E-state index in [1.165, 1.54) is 12.7 Å². The zero-order valence-electron chi connectivity index (χ0n) is 19.6. The van der Waals surface area contributed by atoms with Crippen LogP contribution in [0.25, 0.3) is 21.6 Å². The SMILES string of the molecule is [N-]=[N+]=NCCCCNc1ncnc2c1ncn2[C@@H]1O[C@H](CN(CCI)CC[C@H](N)C(=O)O)[C@@H](O)[C@H]1O. The van der Waals surface area contributed by atoms with Crippen molar-refractivity contribution >= 4 is 45.5 Å². The predicted octanol–water partition coefficient (Wildman–Crippen LogP) is 0.487. The summed E-state index contributed by atoms with van der Waals surface area (Å²) in [4.78, 5) is 28.7. The van der Waals surface area contributed by atoms with Gasteiger partial charge in [0.05, 0.1) is 6.33 Å². The first-order chi connectivity index (χ1) is 17.4. The summed E-state index contributed by atoms with van der Waals surface area (Å²) in [5, 5.41) is 37.2. The van der Waals surface area contributed by atoms with Gasteiger partial charge in [0.2, 0.25) is 0 Å². The van der Waals surface area contributed by atoms with Crippen molar-refractivity contribution in [3.63, 3.8) is 0 Å². The first-order valence-electron chi connectivity index (χ1n) is 11.6. The zero-order valence-corrected chi connectivity index (χ0v) is 21.8. The van der Waals surface area contributed by atoms with E-state index in [0.717, 1.165) is 17.3 Å². The number of carboxylic acid groups (broad SMARTS) is 1. The third kappa shape index (κ3) is 7.12. The van der Waals surface area contributed by atoms with Gasteiger partial charge in [-0.3, -0.25) is 14.3 Å². The van der Waals surface area contributed by atoms with Crippen LogP contribution in [0.15, 0.2) is 17.8 Å². The molecule has 15 nitrogen and oxygen atoms in total. The summed E-state index contributed by atoms with van der Waals surface area (Å²) in [7, 11) is 0. The van der Waals surface area contributed by atoms with Crippen molar-refractivity contribution in [2.45, 2.75) is 49.8 Å². The second-order valence-electron chi connectivity index (χ2n) is 8.40. The van der Waals surface area contributed by atoms with Crippen LogP contribution in [0.5, 0.6) is 0 Å². The Morgan fingerprint density at radius 3 is 2.86 bits per heavy atom. The van der Waals surface area contributed by atoms with E-state index in [-0.39, 0.29) is 6.42 Å². The molecule has 1 fully saturated rings. The molecule has 36 heavy (non-hydrogen) atoms. The molecule has 2 aromatic rings. The van der Waals surface area contributed by atoms with Gasteiger partial charge >= 0.3 is 5.97 Å². The molecule has 0 aromatic carbocycles. The molecule has 198 valence electrons. The molecule has 6 N–H and O–H groups in total. The normalized spacial score (nSPS) is 22.6. The van der Waals surface area contributed by atoms with E-state index in [4.69, 9.17) is 21.1 Å². The molecular formula is C20H31IN10O5.